The molecule has 0 aliphatic carbocycles. The summed E-state index contributed by atoms with van der Waals surface area (Å²) in [7, 11) is 0. The minimum absolute atomic E-state index is 0.236. The monoisotopic (exact) mass is 336 g/mol. The third-order valence-corrected chi connectivity index (χ3v) is 4.08. The number of ether oxygens (including phenoxy) is 1. The first kappa shape index (κ1) is 16.4. The number of carboxylic acid groups (broad SMARTS) is 1. The van der Waals surface area contributed by atoms with E-state index in [1.165, 1.54) is 11.8 Å². The van der Waals surface area contributed by atoms with Crippen LogP contribution in [-0.2, 0) is 4.74 Å². The zero-order chi connectivity index (χ0) is 16.1. The van der Waals surface area contributed by atoms with Gasteiger partial charge in [0, 0.05) is 9.79 Å². The van der Waals surface area contributed by atoms with Gasteiger partial charge in [-0.25, -0.2) is 9.59 Å². The molecule has 2 rings (SSSR count). The first-order valence-corrected chi connectivity index (χ1v) is 7.68. The van der Waals surface area contributed by atoms with Crippen molar-refractivity contribution in [2.45, 2.75) is 16.7 Å². The predicted octanol–water partition coefficient (Wildman–Crippen LogP) is 4.37. The second-order valence-electron chi connectivity index (χ2n) is 4.29. The van der Waals surface area contributed by atoms with E-state index in [4.69, 9.17) is 21.4 Å². The van der Waals surface area contributed by atoms with Crippen LogP contribution >= 0.6 is 23.4 Å². The van der Waals surface area contributed by atoms with Gasteiger partial charge in [-0.15, -0.1) is 0 Å². The van der Waals surface area contributed by atoms with Gasteiger partial charge in [0.1, 0.15) is 0 Å². The molecule has 0 aromatic heterocycles. The smallest absolute Gasteiger partial charge is 0.339 e. The second kappa shape index (κ2) is 7.33. The van der Waals surface area contributed by atoms with Gasteiger partial charge >= 0.3 is 11.9 Å². The summed E-state index contributed by atoms with van der Waals surface area (Å²) in [4.78, 5) is 24.2. The maximum Gasteiger partial charge on any atom is 0.339 e. The van der Waals surface area contributed by atoms with E-state index in [-0.39, 0.29) is 5.56 Å². The Hall–Kier alpha value is -1.98. The number of halogens is 1. The number of benzene rings is 2. The molecule has 6 heteroatoms. The Bertz CT molecular complexity index is 698. The molecule has 114 valence electrons. The van der Waals surface area contributed by atoms with Crippen LogP contribution in [0.25, 0.3) is 0 Å². The summed E-state index contributed by atoms with van der Waals surface area (Å²) in [6, 6.07) is 11.6. The molecule has 1 N–H and O–H groups in total. The Kier molecular flexibility index (Phi) is 5.46. The van der Waals surface area contributed by atoms with Crippen molar-refractivity contribution in [2.75, 3.05) is 6.61 Å². The van der Waals surface area contributed by atoms with E-state index in [2.05, 4.69) is 0 Å². The van der Waals surface area contributed by atoms with Gasteiger partial charge in [0.05, 0.1) is 22.8 Å². The Labute approximate surface area is 137 Å². The topological polar surface area (TPSA) is 63.6 Å². The molecule has 22 heavy (non-hydrogen) atoms. The lowest BCUT2D eigenvalue weighted by atomic mass is 10.2. The highest BCUT2D eigenvalue weighted by atomic mass is 35.5. The standard InChI is InChI=1S/C16H13ClO4S/c1-2-21-16(20)13-8-7-12(9-14(13)17)22-11-5-3-10(4-6-11)15(18)19/h3-9H,2H2,1H3,(H,18,19). The van der Waals surface area contributed by atoms with Crippen molar-refractivity contribution in [1.82, 2.24) is 0 Å². The largest absolute Gasteiger partial charge is 0.478 e. The highest BCUT2D eigenvalue weighted by Crippen LogP contribution is 2.31. The summed E-state index contributed by atoms with van der Waals surface area (Å²) in [6.07, 6.45) is 0. The van der Waals surface area contributed by atoms with Crippen LogP contribution < -0.4 is 0 Å². The molecule has 0 fully saturated rings. The molecule has 0 saturated heterocycles. The Morgan fingerprint density at radius 2 is 1.77 bits per heavy atom. The average molecular weight is 337 g/mol. The Morgan fingerprint density at radius 3 is 2.32 bits per heavy atom. The lowest BCUT2D eigenvalue weighted by Crippen LogP contribution is -2.05. The van der Waals surface area contributed by atoms with E-state index >= 15 is 0 Å². The molecule has 0 atom stereocenters. The number of carboxylic acids is 1. The van der Waals surface area contributed by atoms with Crippen molar-refractivity contribution in [3.8, 4) is 0 Å². The van der Waals surface area contributed by atoms with Crippen molar-refractivity contribution in [3.05, 3.63) is 58.6 Å². The number of rotatable bonds is 5. The summed E-state index contributed by atoms with van der Waals surface area (Å²) in [5.41, 5.74) is 0.564. The van der Waals surface area contributed by atoms with E-state index in [0.29, 0.717) is 17.2 Å². The first-order valence-electron chi connectivity index (χ1n) is 6.49. The van der Waals surface area contributed by atoms with E-state index in [1.807, 2.05) is 0 Å². The van der Waals surface area contributed by atoms with E-state index in [0.717, 1.165) is 9.79 Å². The summed E-state index contributed by atoms with van der Waals surface area (Å²) in [5.74, 6) is -1.41. The van der Waals surface area contributed by atoms with Crippen molar-refractivity contribution in [2.24, 2.45) is 0 Å². The van der Waals surface area contributed by atoms with Gasteiger partial charge in [-0.3, -0.25) is 0 Å². The molecule has 2 aromatic rings. The van der Waals surface area contributed by atoms with Gasteiger partial charge in [-0.05, 0) is 49.4 Å². The maximum atomic E-state index is 11.7. The molecule has 0 saturated carbocycles. The third-order valence-electron chi connectivity index (χ3n) is 2.77. The quantitative estimate of drug-likeness (QED) is 0.821. The van der Waals surface area contributed by atoms with Crippen LogP contribution in [0.5, 0.6) is 0 Å². The minimum Gasteiger partial charge on any atom is -0.478 e. The molecular formula is C16H13ClO4S. The molecular weight excluding hydrogens is 324 g/mol. The van der Waals surface area contributed by atoms with E-state index in [9.17, 15) is 9.59 Å². The lowest BCUT2D eigenvalue weighted by molar-refractivity contribution is 0.0526. The highest BCUT2D eigenvalue weighted by Gasteiger charge is 2.12. The van der Waals surface area contributed by atoms with Crippen LogP contribution in [0.3, 0.4) is 0 Å². The molecule has 4 nitrogen and oxygen atoms in total. The lowest BCUT2D eigenvalue weighted by Gasteiger charge is -2.07. The van der Waals surface area contributed by atoms with E-state index < -0.39 is 11.9 Å². The van der Waals surface area contributed by atoms with Gasteiger partial charge < -0.3 is 9.84 Å². The van der Waals surface area contributed by atoms with Crippen LogP contribution in [0.15, 0.2) is 52.3 Å². The molecule has 0 aliphatic rings. The van der Waals surface area contributed by atoms with Gasteiger partial charge in [-0.1, -0.05) is 23.4 Å². The normalized spacial score (nSPS) is 10.3. The summed E-state index contributed by atoms with van der Waals surface area (Å²) in [6.45, 7) is 2.03. The van der Waals surface area contributed by atoms with Crippen molar-refractivity contribution < 1.29 is 19.4 Å². The van der Waals surface area contributed by atoms with Crippen LogP contribution in [0.1, 0.15) is 27.6 Å². The fraction of sp³-hybridized carbons (Fsp3) is 0.125. The number of carbonyl (C=O) groups excluding carboxylic acids is 1. The van der Waals surface area contributed by atoms with Crippen LogP contribution in [0, 0.1) is 0 Å². The zero-order valence-corrected chi connectivity index (χ0v) is 13.3. The summed E-state index contributed by atoms with van der Waals surface area (Å²) < 4.78 is 4.92. The van der Waals surface area contributed by atoms with E-state index in [1.54, 1.807) is 49.4 Å². The Morgan fingerprint density at radius 1 is 1.14 bits per heavy atom. The van der Waals surface area contributed by atoms with Gasteiger partial charge in [0.15, 0.2) is 0 Å². The van der Waals surface area contributed by atoms with Crippen molar-refractivity contribution in [1.29, 1.82) is 0 Å². The SMILES string of the molecule is CCOC(=O)c1ccc(Sc2ccc(C(=O)O)cc2)cc1Cl. The highest BCUT2D eigenvalue weighted by molar-refractivity contribution is 7.99. The molecule has 0 radical (unpaired) electrons. The molecule has 0 unspecified atom stereocenters. The third kappa shape index (κ3) is 4.02. The average Bonchev–Trinajstić information content (AvgIpc) is 2.48. The maximum absolute atomic E-state index is 11.7. The molecule has 0 heterocycles. The first-order chi connectivity index (χ1) is 10.5. The van der Waals surface area contributed by atoms with Crippen molar-refractivity contribution >= 4 is 35.3 Å². The zero-order valence-electron chi connectivity index (χ0n) is 11.7. The van der Waals surface area contributed by atoms with Crippen LogP contribution in [-0.4, -0.2) is 23.7 Å². The molecule has 0 spiro atoms. The minimum atomic E-state index is -0.960. The molecule has 0 aliphatic heterocycles. The van der Waals surface area contributed by atoms with Crippen LogP contribution in [0.2, 0.25) is 5.02 Å². The number of hydrogen-bond donors (Lipinski definition) is 1. The number of esters is 1. The Balaban J connectivity index is 2.15. The van der Waals surface area contributed by atoms with Crippen molar-refractivity contribution in [3.63, 3.8) is 0 Å². The molecule has 0 amide bonds. The summed E-state index contributed by atoms with van der Waals surface area (Å²) in [5, 5.41) is 9.18. The van der Waals surface area contributed by atoms with Gasteiger partial charge in [-0.2, -0.15) is 0 Å². The number of aromatic carboxylic acids is 1. The fourth-order valence-electron chi connectivity index (χ4n) is 1.74. The van der Waals surface area contributed by atoms with Gasteiger partial charge in [0.25, 0.3) is 0 Å². The fourth-order valence-corrected chi connectivity index (χ4v) is 2.91. The number of carbonyl (C=O) groups is 2. The summed E-state index contributed by atoms with van der Waals surface area (Å²) >= 11 is 7.53. The second-order valence-corrected chi connectivity index (χ2v) is 5.85. The van der Waals surface area contributed by atoms with Crippen LogP contribution in [0.4, 0.5) is 0 Å². The van der Waals surface area contributed by atoms with Gasteiger partial charge in [0.2, 0.25) is 0 Å². The molecule has 0 bridgehead atoms. The number of hydrogen-bond acceptors (Lipinski definition) is 4. The molecule has 2 aromatic carbocycles. The predicted molar refractivity (Wildman–Crippen MR) is 84.9 cm³/mol.